The second kappa shape index (κ2) is 5.21. The smallest absolute Gasteiger partial charge is 0.265 e. The van der Waals surface area contributed by atoms with Gasteiger partial charge < -0.3 is 21.7 Å². The van der Waals surface area contributed by atoms with E-state index in [-0.39, 0.29) is 12.4 Å². The number of nitrogens with zero attached hydrogens (tertiary/aromatic N) is 2. The highest BCUT2D eigenvalue weighted by Gasteiger charge is 2.21. The normalized spacial score (nSPS) is 14.8. The van der Waals surface area contributed by atoms with Gasteiger partial charge in [-0.15, -0.1) is 0 Å². The zero-order valence-electron chi connectivity index (χ0n) is 9.81. The van der Waals surface area contributed by atoms with E-state index in [1.54, 1.807) is 0 Å². The fourth-order valence-electron chi connectivity index (χ4n) is 1.77. The van der Waals surface area contributed by atoms with Gasteiger partial charge in [0, 0.05) is 13.1 Å². The van der Waals surface area contributed by atoms with Crippen LogP contribution >= 0.6 is 11.3 Å². The predicted octanol–water partition coefficient (Wildman–Crippen LogP) is -0.459. The van der Waals surface area contributed by atoms with Gasteiger partial charge in [0.25, 0.3) is 5.91 Å². The van der Waals surface area contributed by atoms with Crippen molar-refractivity contribution in [3.8, 4) is 0 Å². The molecule has 1 aromatic rings. The number of nitrogens with one attached hydrogen (secondary N) is 1. The highest BCUT2D eigenvalue weighted by atomic mass is 32.1. The number of anilines is 2. The van der Waals surface area contributed by atoms with Crippen LogP contribution in [0.15, 0.2) is 0 Å². The maximum atomic E-state index is 11.8. The van der Waals surface area contributed by atoms with Gasteiger partial charge in [-0.25, -0.2) is 4.98 Å². The standard InChI is InChI=1S/C10H15N5O2S/c11-6(16)5-13-9(17)7-8(12)14-10(18-7)15-3-1-2-4-15/h1-5,12H2,(H2,11,16)(H,13,17). The van der Waals surface area contributed by atoms with E-state index in [9.17, 15) is 9.59 Å². The molecule has 0 saturated carbocycles. The second-order valence-electron chi connectivity index (χ2n) is 4.05. The summed E-state index contributed by atoms with van der Waals surface area (Å²) in [6.45, 7) is 1.68. The Morgan fingerprint density at radius 2 is 2.06 bits per heavy atom. The van der Waals surface area contributed by atoms with Crippen molar-refractivity contribution < 1.29 is 9.59 Å². The zero-order chi connectivity index (χ0) is 13.1. The quantitative estimate of drug-likeness (QED) is 0.684. The fraction of sp³-hybridized carbons (Fsp3) is 0.500. The molecule has 0 unspecified atom stereocenters. The zero-order valence-corrected chi connectivity index (χ0v) is 10.6. The molecule has 1 aromatic heterocycles. The van der Waals surface area contributed by atoms with Gasteiger partial charge in [0.05, 0.1) is 6.54 Å². The first-order chi connectivity index (χ1) is 8.58. The molecule has 1 aliphatic rings. The van der Waals surface area contributed by atoms with Crippen molar-refractivity contribution in [1.82, 2.24) is 10.3 Å². The molecule has 0 spiro atoms. The summed E-state index contributed by atoms with van der Waals surface area (Å²) in [5.41, 5.74) is 10.7. The first kappa shape index (κ1) is 12.6. The number of nitrogen functional groups attached to an aromatic ring is 1. The van der Waals surface area contributed by atoms with E-state index in [2.05, 4.69) is 15.2 Å². The van der Waals surface area contributed by atoms with Crippen molar-refractivity contribution in [2.24, 2.45) is 5.73 Å². The van der Waals surface area contributed by atoms with Crippen molar-refractivity contribution in [3.05, 3.63) is 4.88 Å². The molecular weight excluding hydrogens is 254 g/mol. The third-order valence-electron chi connectivity index (χ3n) is 2.65. The van der Waals surface area contributed by atoms with Crippen LogP contribution in [0.4, 0.5) is 10.9 Å². The van der Waals surface area contributed by atoms with Crippen LogP contribution in [0, 0.1) is 0 Å². The number of carbonyl (C=O) groups excluding carboxylic acids is 2. The molecule has 2 amide bonds. The van der Waals surface area contributed by atoms with Crippen molar-refractivity contribution in [3.63, 3.8) is 0 Å². The topological polar surface area (TPSA) is 114 Å². The van der Waals surface area contributed by atoms with Gasteiger partial charge in [-0.05, 0) is 12.8 Å². The molecule has 18 heavy (non-hydrogen) atoms. The van der Waals surface area contributed by atoms with Crippen LogP contribution in [0.1, 0.15) is 22.5 Å². The molecule has 0 radical (unpaired) electrons. The molecular formula is C10H15N5O2S. The SMILES string of the molecule is NC(=O)CNC(=O)c1sc(N2CCCC2)nc1N. The highest BCUT2D eigenvalue weighted by Crippen LogP contribution is 2.30. The van der Waals surface area contributed by atoms with Crippen LogP contribution < -0.4 is 21.7 Å². The fourth-order valence-corrected chi connectivity index (χ4v) is 2.73. The van der Waals surface area contributed by atoms with Crippen molar-refractivity contribution in [2.75, 3.05) is 30.3 Å². The number of primary amides is 1. The minimum absolute atomic E-state index is 0.198. The predicted molar refractivity (Wildman–Crippen MR) is 69.5 cm³/mol. The summed E-state index contributed by atoms with van der Waals surface area (Å²) in [5, 5.41) is 3.16. The van der Waals surface area contributed by atoms with Gasteiger partial charge in [-0.2, -0.15) is 0 Å². The van der Waals surface area contributed by atoms with Crippen LogP contribution in [0.3, 0.4) is 0 Å². The molecule has 1 fully saturated rings. The lowest BCUT2D eigenvalue weighted by molar-refractivity contribution is -0.117. The van der Waals surface area contributed by atoms with Crippen LogP contribution in [-0.2, 0) is 4.79 Å². The molecule has 98 valence electrons. The molecule has 0 bridgehead atoms. The number of thiazole rings is 1. The minimum Gasteiger partial charge on any atom is -0.382 e. The van der Waals surface area contributed by atoms with Crippen molar-refractivity contribution >= 4 is 34.1 Å². The van der Waals surface area contributed by atoms with E-state index in [0.29, 0.717) is 4.88 Å². The highest BCUT2D eigenvalue weighted by molar-refractivity contribution is 7.18. The molecule has 5 N–H and O–H groups in total. The molecule has 0 aliphatic carbocycles. The summed E-state index contributed by atoms with van der Waals surface area (Å²) >= 11 is 1.24. The van der Waals surface area contributed by atoms with Gasteiger partial charge in [0.1, 0.15) is 10.7 Å². The summed E-state index contributed by atoms with van der Waals surface area (Å²) in [6.07, 6.45) is 2.26. The lowest BCUT2D eigenvalue weighted by atomic mass is 10.4. The summed E-state index contributed by atoms with van der Waals surface area (Å²) in [4.78, 5) is 29.0. The molecule has 8 heteroatoms. The lowest BCUT2D eigenvalue weighted by Crippen LogP contribution is -2.33. The summed E-state index contributed by atoms with van der Waals surface area (Å²) in [7, 11) is 0. The lowest BCUT2D eigenvalue weighted by Gasteiger charge is -2.11. The molecule has 2 rings (SSSR count). The number of rotatable bonds is 4. The monoisotopic (exact) mass is 269 g/mol. The van der Waals surface area contributed by atoms with Gasteiger partial charge in [-0.3, -0.25) is 9.59 Å². The average Bonchev–Trinajstić information content (AvgIpc) is 2.94. The number of hydrogen-bond donors (Lipinski definition) is 3. The Morgan fingerprint density at radius 3 is 2.67 bits per heavy atom. The Morgan fingerprint density at radius 1 is 1.39 bits per heavy atom. The van der Waals surface area contributed by atoms with Crippen molar-refractivity contribution in [2.45, 2.75) is 12.8 Å². The van der Waals surface area contributed by atoms with Gasteiger partial charge in [-0.1, -0.05) is 11.3 Å². The average molecular weight is 269 g/mol. The van der Waals surface area contributed by atoms with E-state index < -0.39 is 11.8 Å². The molecule has 1 saturated heterocycles. The van der Waals surface area contributed by atoms with Gasteiger partial charge in [0.15, 0.2) is 5.13 Å². The first-order valence-corrected chi connectivity index (χ1v) is 6.47. The van der Waals surface area contributed by atoms with E-state index >= 15 is 0 Å². The van der Waals surface area contributed by atoms with Crippen LogP contribution in [-0.4, -0.2) is 36.4 Å². The number of aromatic nitrogens is 1. The van der Waals surface area contributed by atoms with E-state index in [1.807, 2.05) is 0 Å². The number of amides is 2. The second-order valence-corrected chi connectivity index (χ2v) is 5.03. The number of carbonyl (C=O) groups is 2. The van der Waals surface area contributed by atoms with Crippen LogP contribution in [0.5, 0.6) is 0 Å². The molecule has 1 aliphatic heterocycles. The largest absolute Gasteiger partial charge is 0.382 e. The summed E-state index contributed by atoms with van der Waals surface area (Å²) < 4.78 is 0. The third-order valence-corrected chi connectivity index (χ3v) is 3.78. The maximum Gasteiger partial charge on any atom is 0.265 e. The maximum absolute atomic E-state index is 11.8. The Bertz CT molecular complexity index is 467. The molecule has 0 aromatic carbocycles. The molecule has 7 nitrogen and oxygen atoms in total. The van der Waals surface area contributed by atoms with Crippen molar-refractivity contribution in [1.29, 1.82) is 0 Å². The Labute approximate surface area is 108 Å². The Balaban J connectivity index is 2.08. The number of nitrogens with two attached hydrogens (primary N) is 2. The van der Waals surface area contributed by atoms with Crippen LogP contribution in [0.2, 0.25) is 0 Å². The van der Waals surface area contributed by atoms with Gasteiger partial charge in [0.2, 0.25) is 5.91 Å². The van der Waals surface area contributed by atoms with E-state index in [1.165, 1.54) is 11.3 Å². The number of hydrogen-bond acceptors (Lipinski definition) is 6. The summed E-state index contributed by atoms with van der Waals surface area (Å²) in [5.74, 6) is -0.802. The van der Waals surface area contributed by atoms with E-state index in [4.69, 9.17) is 11.5 Å². The van der Waals surface area contributed by atoms with E-state index in [0.717, 1.165) is 31.1 Å². The Hall–Kier alpha value is -1.83. The Kier molecular flexibility index (Phi) is 3.66. The molecule has 2 heterocycles. The van der Waals surface area contributed by atoms with Crippen LogP contribution in [0.25, 0.3) is 0 Å². The summed E-state index contributed by atoms with van der Waals surface area (Å²) in [6, 6.07) is 0. The molecule has 0 atom stereocenters. The minimum atomic E-state index is -0.591. The van der Waals surface area contributed by atoms with Gasteiger partial charge >= 0.3 is 0 Å². The third kappa shape index (κ3) is 2.70. The first-order valence-electron chi connectivity index (χ1n) is 5.65.